The van der Waals surface area contributed by atoms with Gasteiger partial charge in [0.05, 0.1) is 5.56 Å². The van der Waals surface area contributed by atoms with Crippen molar-refractivity contribution in [3.8, 4) is 11.1 Å². The Morgan fingerprint density at radius 3 is 2.45 bits per heavy atom. The van der Waals surface area contributed by atoms with E-state index in [2.05, 4.69) is 15.6 Å². The van der Waals surface area contributed by atoms with Crippen molar-refractivity contribution in [2.45, 2.75) is 12.6 Å². The predicted molar refractivity (Wildman–Crippen MR) is 107 cm³/mol. The summed E-state index contributed by atoms with van der Waals surface area (Å²) >= 11 is 0. The number of hydrogen-bond donors (Lipinski definition) is 3. The van der Waals surface area contributed by atoms with Gasteiger partial charge < -0.3 is 16.4 Å². The van der Waals surface area contributed by atoms with Crippen LogP contribution in [0.3, 0.4) is 0 Å². The van der Waals surface area contributed by atoms with Crippen LogP contribution in [0, 0.1) is 0 Å². The fourth-order valence-corrected chi connectivity index (χ4v) is 2.75. The van der Waals surface area contributed by atoms with Crippen molar-refractivity contribution in [1.29, 1.82) is 0 Å². The SMILES string of the molecule is NC(=O)CCNc1cc(-c2ccccc2Nc2ccc(C(F)(F)F)cc2)ccn1. The van der Waals surface area contributed by atoms with Gasteiger partial charge in [-0.05, 0) is 48.0 Å². The zero-order valence-corrected chi connectivity index (χ0v) is 15.3. The Morgan fingerprint density at radius 1 is 1.03 bits per heavy atom. The standard InChI is InChI=1S/C21H19F3N4O/c22-21(23,24)15-5-7-16(8-6-15)28-18-4-2-1-3-17(18)14-9-11-26-20(13-14)27-12-10-19(25)29/h1-9,11,13,28H,10,12H2,(H2,25,29)(H,26,27). The summed E-state index contributed by atoms with van der Waals surface area (Å²) < 4.78 is 38.2. The number of nitrogens with two attached hydrogens (primary N) is 1. The van der Waals surface area contributed by atoms with Gasteiger partial charge in [-0.25, -0.2) is 4.98 Å². The number of para-hydroxylation sites is 1. The summed E-state index contributed by atoms with van der Waals surface area (Å²) in [6, 6.07) is 16.0. The van der Waals surface area contributed by atoms with Crippen molar-refractivity contribution >= 4 is 23.1 Å². The second-order valence-corrected chi connectivity index (χ2v) is 6.32. The van der Waals surface area contributed by atoms with Crippen LogP contribution in [0.4, 0.5) is 30.4 Å². The fraction of sp³-hybridized carbons (Fsp3) is 0.143. The number of nitrogens with zero attached hydrogens (tertiary/aromatic N) is 1. The normalized spacial score (nSPS) is 11.1. The molecular formula is C21H19F3N4O. The largest absolute Gasteiger partial charge is 0.416 e. The Bertz CT molecular complexity index is 988. The molecule has 3 rings (SSSR count). The van der Waals surface area contributed by atoms with Gasteiger partial charge >= 0.3 is 6.18 Å². The number of primary amides is 1. The number of benzene rings is 2. The first-order chi connectivity index (χ1) is 13.8. The highest BCUT2D eigenvalue weighted by atomic mass is 19.4. The number of aromatic nitrogens is 1. The third-order valence-corrected chi connectivity index (χ3v) is 4.17. The smallest absolute Gasteiger partial charge is 0.370 e. The fourth-order valence-electron chi connectivity index (χ4n) is 2.75. The van der Waals surface area contributed by atoms with Crippen LogP contribution in [0.25, 0.3) is 11.1 Å². The average Bonchev–Trinajstić information content (AvgIpc) is 2.68. The van der Waals surface area contributed by atoms with Crippen molar-refractivity contribution < 1.29 is 18.0 Å². The summed E-state index contributed by atoms with van der Waals surface area (Å²) in [5, 5.41) is 6.19. The van der Waals surface area contributed by atoms with Gasteiger partial charge in [-0.3, -0.25) is 4.79 Å². The number of carbonyl (C=O) groups is 1. The summed E-state index contributed by atoms with van der Waals surface area (Å²) in [5.41, 5.74) is 7.43. The Hall–Kier alpha value is -3.55. The van der Waals surface area contributed by atoms with E-state index in [1.807, 2.05) is 36.4 Å². The topological polar surface area (TPSA) is 80.0 Å². The molecule has 8 heteroatoms. The van der Waals surface area contributed by atoms with E-state index >= 15 is 0 Å². The van der Waals surface area contributed by atoms with Gasteiger partial charge in [0.15, 0.2) is 0 Å². The van der Waals surface area contributed by atoms with Crippen molar-refractivity contribution in [1.82, 2.24) is 4.98 Å². The molecule has 3 aromatic rings. The Kier molecular flexibility index (Phi) is 6.01. The Morgan fingerprint density at radius 2 is 1.76 bits per heavy atom. The third-order valence-electron chi connectivity index (χ3n) is 4.17. The van der Waals surface area contributed by atoms with E-state index in [0.717, 1.165) is 28.9 Å². The molecular weight excluding hydrogens is 381 g/mol. The first-order valence-electron chi connectivity index (χ1n) is 8.85. The van der Waals surface area contributed by atoms with Gasteiger partial charge in [0.2, 0.25) is 5.91 Å². The second kappa shape index (κ2) is 8.64. The molecule has 0 saturated heterocycles. The summed E-state index contributed by atoms with van der Waals surface area (Å²) in [7, 11) is 0. The Balaban J connectivity index is 1.81. The number of hydrogen-bond acceptors (Lipinski definition) is 4. The lowest BCUT2D eigenvalue weighted by Gasteiger charge is -2.14. The van der Waals surface area contributed by atoms with Crippen LogP contribution in [0.5, 0.6) is 0 Å². The summed E-state index contributed by atoms with van der Waals surface area (Å²) in [6.45, 7) is 0.372. The van der Waals surface area contributed by atoms with Crippen LogP contribution < -0.4 is 16.4 Å². The van der Waals surface area contributed by atoms with Gasteiger partial charge in [-0.1, -0.05) is 18.2 Å². The first-order valence-corrected chi connectivity index (χ1v) is 8.85. The molecule has 0 unspecified atom stereocenters. The molecule has 150 valence electrons. The summed E-state index contributed by atoms with van der Waals surface area (Å²) in [6.07, 6.45) is -2.54. The number of halogens is 3. The summed E-state index contributed by atoms with van der Waals surface area (Å²) in [5.74, 6) is 0.188. The molecule has 4 N–H and O–H groups in total. The number of amides is 1. The zero-order valence-electron chi connectivity index (χ0n) is 15.3. The van der Waals surface area contributed by atoms with Crippen LogP contribution in [0.15, 0.2) is 66.9 Å². The van der Waals surface area contributed by atoms with E-state index in [9.17, 15) is 18.0 Å². The lowest BCUT2D eigenvalue weighted by Crippen LogP contribution is -2.16. The first kappa shape index (κ1) is 20.2. The van der Waals surface area contributed by atoms with Crippen molar-refractivity contribution in [2.75, 3.05) is 17.2 Å². The maximum Gasteiger partial charge on any atom is 0.416 e. The number of carbonyl (C=O) groups excluding carboxylic acids is 1. The molecule has 0 fully saturated rings. The van der Waals surface area contributed by atoms with Gasteiger partial charge in [0.25, 0.3) is 0 Å². The number of alkyl halides is 3. The van der Waals surface area contributed by atoms with Crippen LogP contribution in [-0.2, 0) is 11.0 Å². The predicted octanol–water partition coefficient (Wildman–Crippen LogP) is 4.80. The molecule has 0 atom stereocenters. The molecule has 1 aromatic heterocycles. The minimum absolute atomic E-state index is 0.192. The maximum atomic E-state index is 12.7. The molecule has 0 bridgehead atoms. The lowest BCUT2D eigenvalue weighted by atomic mass is 10.0. The molecule has 2 aromatic carbocycles. The van der Waals surface area contributed by atoms with Crippen molar-refractivity contribution in [2.24, 2.45) is 5.73 Å². The van der Waals surface area contributed by atoms with Crippen molar-refractivity contribution in [3.63, 3.8) is 0 Å². The maximum absolute atomic E-state index is 12.7. The molecule has 0 aliphatic rings. The van der Waals surface area contributed by atoms with Gasteiger partial charge in [0.1, 0.15) is 5.82 Å². The molecule has 29 heavy (non-hydrogen) atoms. The molecule has 1 heterocycles. The molecule has 5 nitrogen and oxygen atoms in total. The number of nitrogens with one attached hydrogen (secondary N) is 2. The van der Waals surface area contributed by atoms with E-state index in [1.165, 1.54) is 12.1 Å². The quantitative estimate of drug-likeness (QED) is 0.532. The van der Waals surface area contributed by atoms with Crippen LogP contribution in [0.1, 0.15) is 12.0 Å². The van der Waals surface area contributed by atoms with E-state index in [0.29, 0.717) is 18.1 Å². The second-order valence-electron chi connectivity index (χ2n) is 6.32. The highest BCUT2D eigenvalue weighted by Gasteiger charge is 2.29. The molecule has 0 radical (unpaired) electrons. The molecule has 0 aliphatic heterocycles. The highest BCUT2D eigenvalue weighted by Crippen LogP contribution is 2.33. The minimum atomic E-state index is -4.37. The van der Waals surface area contributed by atoms with E-state index in [1.54, 1.807) is 6.20 Å². The number of pyridine rings is 1. The number of rotatable bonds is 7. The van der Waals surface area contributed by atoms with Gasteiger partial charge in [-0.2, -0.15) is 13.2 Å². The molecule has 0 spiro atoms. The summed E-state index contributed by atoms with van der Waals surface area (Å²) in [4.78, 5) is 15.1. The monoisotopic (exact) mass is 400 g/mol. The average molecular weight is 400 g/mol. The van der Waals surface area contributed by atoms with Crippen molar-refractivity contribution in [3.05, 3.63) is 72.4 Å². The molecule has 1 amide bonds. The van der Waals surface area contributed by atoms with Gasteiger partial charge in [-0.15, -0.1) is 0 Å². The van der Waals surface area contributed by atoms with Crippen LogP contribution in [-0.4, -0.2) is 17.4 Å². The third kappa shape index (κ3) is 5.47. The minimum Gasteiger partial charge on any atom is -0.370 e. The zero-order chi connectivity index (χ0) is 20.9. The van der Waals surface area contributed by atoms with E-state index < -0.39 is 17.6 Å². The Labute approximate surface area is 165 Å². The van der Waals surface area contributed by atoms with Gasteiger partial charge in [0, 0.05) is 36.1 Å². The molecule has 0 aliphatic carbocycles. The van der Waals surface area contributed by atoms with Crippen LogP contribution >= 0.6 is 0 Å². The lowest BCUT2D eigenvalue weighted by molar-refractivity contribution is -0.137. The van der Waals surface area contributed by atoms with E-state index in [4.69, 9.17) is 5.73 Å². The molecule has 0 saturated carbocycles. The number of anilines is 3. The van der Waals surface area contributed by atoms with E-state index in [-0.39, 0.29) is 6.42 Å². The van der Waals surface area contributed by atoms with Crippen LogP contribution in [0.2, 0.25) is 0 Å². The highest BCUT2D eigenvalue weighted by molar-refractivity contribution is 5.82.